The molecule has 96 valence electrons. The van der Waals surface area contributed by atoms with Gasteiger partial charge in [-0.2, -0.15) is 0 Å². The molecule has 1 heteroatoms. The molecule has 0 atom stereocenters. The minimum atomic E-state index is 0.349. The van der Waals surface area contributed by atoms with Crippen LogP contribution < -0.4 is 0 Å². The van der Waals surface area contributed by atoms with Gasteiger partial charge in [0.05, 0.1) is 0 Å². The normalized spacial score (nSPS) is 11.4. The van der Waals surface area contributed by atoms with Crippen molar-refractivity contribution in [2.75, 3.05) is 6.61 Å². The number of hydrogen-bond acceptors (Lipinski definition) is 1. The van der Waals surface area contributed by atoms with Crippen LogP contribution in [0, 0.1) is 0 Å². The fourth-order valence-corrected chi connectivity index (χ4v) is 1.83. The highest BCUT2D eigenvalue weighted by Gasteiger charge is 1.88. The van der Waals surface area contributed by atoms with Gasteiger partial charge in [0.25, 0.3) is 0 Å². The van der Waals surface area contributed by atoms with E-state index in [1.54, 1.807) is 0 Å². The monoisotopic (exact) mass is 226 g/mol. The molecule has 0 unspecified atom stereocenters. The van der Waals surface area contributed by atoms with Gasteiger partial charge in [-0.05, 0) is 32.1 Å². The van der Waals surface area contributed by atoms with E-state index in [0.717, 1.165) is 12.8 Å². The first-order chi connectivity index (χ1) is 7.91. The van der Waals surface area contributed by atoms with Gasteiger partial charge in [-0.25, -0.2) is 0 Å². The van der Waals surface area contributed by atoms with Crippen molar-refractivity contribution < 1.29 is 5.11 Å². The summed E-state index contributed by atoms with van der Waals surface area (Å²) in [5, 5.41) is 8.61. The fraction of sp³-hybridized carbons (Fsp3) is 0.867. The maximum Gasteiger partial charge on any atom is 0.0431 e. The summed E-state index contributed by atoms with van der Waals surface area (Å²) in [6.07, 6.45) is 18.8. The Labute approximate surface area is 102 Å². The van der Waals surface area contributed by atoms with Gasteiger partial charge in [0.15, 0.2) is 0 Å². The number of aliphatic hydroxyl groups excluding tert-OH is 1. The molecular formula is C15H30O. The average Bonchev–Trinajstić information content (AvgIpc) is 2.31. The summed E-state index contributed by atoms with van der Waals surface area (Å²) in [5.41, 5.74) is 0. The summed E-state index contributed by atoms with van der Waals surface area (Å²) in [7, 11) is 0. The smallest absolute Gasteiger partial charge is 0.0431 e. The lowest BCUT2D eigenvalue weighted by atomic mass is 10.1. The first-order valence-corrected chi connectivity index (χ1v) is 7.17. The molecule has 0 aromatic rings. The van der Waals surface area contributed by atoms with Gasteiger partial charge in [-0.15, -0.1) is 0 Å². The SMILES string of the molecule is CCCCCCCCC=CCCCCCO. The van der Waals surface area contributed by atoms with Gasteiger partial charge in [0.2, 0.25) is 0 Å². The second-order valence-electron chi connectivity index (χ2n) is 4.60. The molecule has 0 rings (SSSR count). The first kappa shape index (κ1) is 15.7. The molecule has 0 aromatic heterocycles. The van der Waals surface area contributed by atoms with Gasteiger partial charge in [-0.3, -0.25) is 0 Å². The Balaban J connectivity index is 2.98. The lowest BCUT2D eigenvalue weighted by Crippen LogP contribution is -1.81. The van der Waals surface area contributed by atoms with Crippen LogP contribution in [0.4, 0.5) is 0 Å². The van der Waals surface area contributed by atoms with Crippen molar-refractivity contribution in [1.82, 2.24) is 0 Å². The average molecular weight is 226 g/mol. The molecule has 0 fully saturated rings. The topological polar surface area (TPSA) is 20.2 Å². The predicted octanol–water partition coefficient (Wildman–Crippen LogP) is 4.85. The van der Waals surface area contributed by atoms with E-state index in [4.69, 9.17) is 5.11 Å². The Kier molecular flexibility index (Phi) is 14.4. The van der Waals surface area contributed by atoms with Crippen molar-refractivity contribution in [1.29, 1.82) is 0 Å². The first-order valence-electron chi connectivity index (χ1n) is 7.17. The van der Waals surface area contributed by atoms with Crippen molar-refractivity contribution in [2.45, 2.75) is 77.6 Å². The maximum atomic E-state index is 8.61. The molecule has 0 aliphatic rings. The summed E-state index contributed by atoms with van der Waals surface area (Å²) < 4.78 is 0. The van der Waals surface area contributed by atoms with Crippen LogP contribution in [0.2, 0.25) is 0 Å². The summed E-state index contributed by atoms with van der Waals surface area (Å²) in [6.45, 7) is 2.61. The van der Waals surface area contributed by atoms with Gasteiger partial charge < -0.3 is 5.11 Å². The van der Waals surface area contributed by atoms with E-state index in [-0.39, 0.29) is 0 Å². The van der Waals surface area contributed by atoms with E-state index < -0.39 is 0 Å². The molecule has 1 N–H and O–H groups in total. The third-order valence-electron chi connectivity index (χ3n) is 2.92. The highest BCUT2D eigenvalue weighted by atomic mass is 16.2. The Morgan fingerprint density at radius 1 is 0.688 bits per heavy atom. The second kappa shape index (κ2) is 14.7. The van der Waals surface area contributed by atoms with Crippen LogP contribution in [0.3, 0.4) is 0 Å². The van der Waals surface area contributed by atoms with Crippen molar-refractivity contribution in [3.63, 3.8) is 0 Å². The molecule has 0 aliphatic heterocycles. The molecule has 1 nitrogen and oxygen atoms in total. The van der Waals surface area contributed by atoms with E-state index in [9.17, 15) is 0 Å². The third kappa shape index (κ3) is 13.7. The highest BCUT2D eigenvalue weighted by Crippen LogP contribution is 2.08. The Morgan fingerprint density at radius 2 is 1.19 bits per heavy atom. The number of aliphatic hydroxyl groups is 1. The maximum absolute atomic E-state index is 8.61. The molecule has 0 bridgehead atoms. The zero-order valence-corrected chi connectivity index (χ0v) is 11.1. The van der Waals surface area contributed by atoms with Crippen molar-refractivity contribution in [3.05, 3.63) is 12.2 Å². The molecule has 0 saturated carbocycles. The Bertz CT molecular complexity index is 140. The third-order valence-corrected chi connectivity index (χ3v) is 2.92. The standard InChI is InChI=1S/C15H30O/c1-2-3-4-5-6-7-8-9-10-11-12-13-14-15-16/h9-10,16H,2-8,11-15H2,1H3. The summed E-state index contributed by atoms with van der Waals surface area (Å²) in [6, 6.07) is 0. The lowest BCUT2D eigenvalue weighted by molar-refractivity contribution is 0.283. The summed E-state index contributed by atoms with van der Waals surface area (Å²) in [5.74, 6) is 0. The van der Waals surface area contributed by atoms with E-state index in [1.807, 2.05) is 0 Å². The molecule has 0 amide bonds. The van der Waals surface area contributed by atoms with Crippen LogP contribution >= 0.6 is 0 Å². The quantitative estimate of drug-likeness (QED) is 0.373. The van der Waals surface area contributed by atoms with Crippen molar-refractivity contribution in [2.24, 2.45) is 0 Å². The Morgan fingerprint density at radius 3 is 1.75 bits per heavy atom. The molecule has 0 saturated heterocycles. The van der Waals surface area contributed by atoms with Crippen molar-refractivity contribution in [3.8, 4) is 0 Å². The lowest BCUT2D eigenvalue weighted by Gasteiger charge is -1.98. The van der Waals surface area contributed by atoms with E-state index in [1.165, 1.54) is 57.8 Å². The van der Waals surface area contributed by atoms with E-state index in [2.05, 4.69) is 19.1 Å². The number of allylic oxidation sites excluding steroid dienone is 2. The number of hydrogen-bond donors (Lipinski definition) is 1. The van der Waals surface area contributed by atoms with Crippen LogP contribution in [-0.4, -0.2) is 11.7 Å². The van der Waals surface area contributed by atoms with Gasteiger partial charge in [0, 0.05) is 6.61 Å². The van der Waals surface area contributed by atoms with Crippen LogP contribution in [0.15, 0.2) is 12.2 Å². The van der Waals surface area contributed by atoms with Gasteiger partial charge >= 0.3 is 0 Å². The fourth-order valence-electron chi connectivity index (χ4n) is 1.83. The molecule has 0 spiro atoms. The summed E-state index contributed by atoms with van der Waals surface area (Å²) in [4.78, 5) is 0. The molecule has 0 heterocycles. The van der Waals surface area contributed by atoms with Crippen LogP contribution in [0.5, 0.6) is 0 Å². The second-order valence-corrected chi connectivity index (χ2v) is 4.60. The highest BCUT2D eigenvalue weighted by molar-refractivity contribution is 4.81. The molecular weight excluding hydrogens is 196 g/mol. The van der Waals surface area contributed by atoms with Crippen molar-refractivity contribution >= 4 is 0 Å². The Hall–Kier alpha value is -0.300. The zero-order chi connectivity index (χ0) is 11.9. The van der Waals surface area contributed by atoms with Gasteiger partial charge in [0.1, 0.15) is 0 Å². The van der Waals surface area contributed by atoms with E-state index in [0.29, 0.717) is 6.61 Å². The molecule has 0 aromatic carbocycles. The summed E-state index contributed by atoms with van der Waals surface area (Å²) >= 11 is 0. The molecule has 0 aliphatic carbocycles. The predicted molar refractivity (Wildman–Crippen MR) is 72.7 cm³/mol. The molecule has 0 radical (unpaired) electrons. The van der Waals surface area contributed by atoms with Crippen LogP contribution in [0.25, 0.3) is 0 Å². The minimum absolute atomic E-state index is 0.349. The minimum Gasteiger partial charge on any atom is -0.396 e. The molecule has 16 heavy (non-hydrogen) atoms. The number of rotatable bonds is 12. The van der Waals surface area contributed by atoms with Crippen LogP contribution in [0.1, 0.15) is 77.6 Å². The zero-order valence-electron chi connectivity index (χ0n) is 11.1. The largest absolute Gasteiger partial charge is 0.396 e. The van der Waals surface area contributed by atoms with E-state index >= 15 is 0 Å². The van der Waals surface area contributed by atoms with Gasteiger partial charge in [-0.1, -0.05) is 57.6 Å². The van der Waals surface area contributed by atoms with Crippen LogP contribution in [-0.2, 0) is 0 Å². The number of unbranched alkanes of at least 4 members (excludes halogenated alkanes) is 9.